The van der Waals surface area contributed by atoms with Gasteiger partial charge >= 0.3 is 0 Å². The number of aryl methyl sites for hydroxylation is 3. The highest BCUT2D eigenvalue weighted by Gasteiger charge is 2.42. The van der Waals surface area contributed by atoms with Crippen LogP contribution in [0.2, 0.25) is 0 Å². The predicted molar refractivity (Wildman–Crippen MR) is 122 cm³/mol. The van der Waals surface area contributed by atoms with Gasteiger partial charge in [-0.1, -0.05) is 6.07 Å². The second-order valence-corrected chi connectivity index (χ2v) is 9.48. The van der Waals surface area contributed by atoms with Crippen LogP contribution in [0.1, 0.15) is 78.6 Å². The number of nitrogens with zero attached hydrogens (tertiary/aromatic N) is 3. The molecule has 1 aromatic heterocycles. The van der Waals surface area contributed by atoms with Gasteiger partial charge < -0.3 is 15.0 Å². The van der Waals surface area contributed by atoms with Gasteiger partial charge in [-0.3, -0.25) is 9.59 Å². The third-order valence-electron chi connectivity index (χ3n) is 6.29. The maximum Gasteiger partial charge on any atom is 0.266 e. The van der Waals surface area contributed by atoms with E-state index in [1.54, 1.807) is 27.0 Å². The van der Waals surface area contributed by atoms with Crippen LogP contribution in [0.5, 0.6) is 5.75 Å². The van der Waals surface area contributed by atoms with E-state index in [-0.39, 0.29) is 23.9 Å². The van der Waals surface area contributed by atoms with Crippen molar-refractivity contribution in [2.75, 3.05) is 6.54 Å². The Morgan fingerprint density at radius 3 is 2.56 bits per heavy atom. The fourth-order valence-electron chi connectivity index (χ4n) is 4.16. The Morgan fingerprint density at radius 1 is 1.12 bits per heavy atom. The van der Waals surface area contributed by atoms with E-state index in [4.69, 9.17) is 4.74 Å². The number of rotatable bonds is 6. The maximum absolute atomic E-state index is 13.6. The van der Waals surface area contributed by atoms with Gasteiger partial charge in [0, 0.05) is 18.8 Å². The third kappa shape index (κ3) is 4.61. The highest BCUT2D eigenvalue weighted by Crippen LogP contribution is 2.35. The molecule has 32 heavy (non-hydrogen) atoms. The molecule has 7 heteroatoms. The second kappa shape index (κ2) is 8.52. The predicted octanol–water partition coefficient (Wildman–Crippen LogP) is 3.82. The van der Waals surface area contributed by atoms with Gasteiger partial charge in [-0.25, -0.2) is 9.97 Å². The second-order valence-electron chi connectivity index (χ2n) is 9.48. The first-order valence-corrected chi connectivity index (χ1v) is 11.4. The number of hydrogen-bond acceptors (Lipinski definition) is 5. The lowest BCUT2D eigenvalue weighted by atomic mass is 10.0. The number of carbonyl (C=O) groups excluding carboxylic acids is 2. The zero-order chi connectivity index (χ0) is 23.0. The number of ether oxygens (including phenoxy) is 1. The SMILES string of the molecule is Cc1ncc(C(=O)NC2CC2)c([C@H]2CCCN2C(=O)C(C)(C)Oc2ccc(C)c(C)c2)n1. The van der Waals surface area contributed by atoms with Gasteiger partial charge in [-0.05, 0) is 83.6 Å². The highest BCUT2D eigenvalue weighted by atomic mass is 16.5. The first-order valence-electron chi connectivity index (χ1n) is 11.4. The van der Waals surface area contributed by atoms with E-state index in [9.17, 15) is 9.59 Å². The lowest BCUT2D eigenvalue weighted by Crippen LogP contribution is -2.49. The smallest absolute Gasteiger partial charge is 0.266 e. The van der Waals surface area contributed by atoms with Crippen LogP contribution in [0.4, 0.5) is 0 Å². The normalized spacial score (nSPS) is 18.5. The molecule has 1 aliphatic carbocycles. The Kier molecular flexibility index (Phi) is 5.93. The van der Waals surface area contributed by atoms with Gasteiger partial charge in [-0.15, -0.1) is 0 Å². The van der Waals surface area contributed by atoms with E-state index in [2.05, 4.69) is 15.3 Å². The molecule has 0 spiro atoms. The van der Waals surface area contributed by atoms with Gasteiger partial charge in [-0.2, -0.15) is 0 Å². The van der Waals surface area contributed by atoms with Crippen LogP contribution >= 0.6 is 0 Å². The number of amides is 2. The number of carbonyl (C=O) groups is 2. The van der Waals surface area contributed by atoms with Crippen molar-refractivity contribution in [1.29, 1.82) is 0 Å². The topological polar surface area (TPSA) is 84.4 Å². The number of hydrogen-bond donors (Lipinski definition) is 1. The molecule has 4 rings (SSSR count). The van der Waals surface area contributed by atoms with Crippen molar-refractivity contribution >= 4 is 11.8 Å². The molecule has 0 radical (unpaired) electrons. The Hall–Kier alpha value is -2.96. The molecule has 2 aromatic rings. The average molecular weight is 437 g/mol. The molecule has 1 N–H and O–H groups in total. The number of nitrogens with one attached hydrogen (secondary N) is 1. The van der Waals surface area contributed by atoms with Crippen LogP contribution in [0.25, 0.3) is 0 Å². The summed E-state index contributed by atoms with van der Waals surface area (Å²) in [6.45, 7) is 10.1. The standard InChI is InChI=1S/C25H32N4O3/c1-15-8-11-19(13-16(15)2)32-25(4,5)24(31)29-12-6-7-21(29)22-20(14-26-17(3)27-22)23(30)28-18-9-10-18/h8,11,13-14,18,21H,6-7,9-10,12H2,1-5H3,(H,28,30)/t21-/m1/s1. The lowest BCUT2D eigenvalue weighted by Gasteiger charge is -2.34. The summed E-state index contributed by atoms with van der Waals surface area (Å²) in [6, 6.07) is 5.82. The average Bonchev–Trinajstić information content (AvgIpc) is 3.41. The molecule has 170 valence electrons. The zero-order valence-corrected chi connectivity index (χ0v) is 19.6. The summed E-state index contributed by atoms with van der Waals surface area (Å²) in [5.41, 5.74) is 2.33. The molecule has 7 nitrogen and oxygen atoms in total. The van der Waals surface area contributed by atoms with Crippen molar-refractivity contribution in [3.63, 3.8) is 0 Å². The minimum absolute atomic E-state index is 0.108. The molecular formula is C25H32N4O3. The minimum Gasteiger partial charge on any atom is -0.478 e. The van der Waals surface area contributed by atoms with Crippen LogP contribution in [0.15, 0.2) is 24.4 Å². The largest absolute Gasteiger partial charge is 0.478 e. The Labute approximate surface area is 189 Å². The molecule has 1 saturated carbocycles. The fraction of sp³-hybridized carbons (Fsp3) is 0.520. The van der Waals surface area contributed by atoms with Crippen molar-refractivity contribution in [2.45, 2.75) is 78.0 Å². The van der Waals surface area contributed by atoms with Crippen LogP contribution in [-0.4, -0.2) is 44.9 Å². The summed E-state index contributed by atoms with van der Waals surface area (Å²) < 4.78 is 6.16. The summed E-state index contributed by atoms with van der Waals surface area (Å²) in [6.07, 6.45) is 5.21. The van der Waals surface area contributed by atoms with E-state index in [1.165, 1.54) is 5.56 Å². The summed E-state index contributed by atoms with van der Waals surface area (Å²) >= 11 is 0. The van der Waals surface area contributed by atoms with Crippen molar-refractivity contribution in [3.05, 3.63) is 52.6 Å². The molecule has 2 amide bonds. The summed E-state index contributed by atoms with van der Waals surface area (Å²) in [7, 11) is 0. The monoisotopic (exact) mass is 436 g/mol. The quantitative estimate of drug-likeness (QED) is 0.744. The van der Waals surface area contributed by atoms with Crippen LogP contribution < -0.4 is 10.1 Å². The van der Waals surface area contributed by atoms with E-state index in [1.807, 2.05) is 36.9 Å². The Morgan fingerprint density at radius 2 is 1.88 bits per heavy atom. The molecule has 0 unspecified atom stereocenters. The number of likely N-dealkylation sites (tertiary alicyclic amines) is 1. The van der Waals surface area contributed by atoms with Gasteiger partial charge in [0.05, 0.1) is 17.3 Å². The molecular weight excluding hydrogens is 404 g/mol. The molecule has 1 aromatic carbocycles. The molecule has 0 bridgehead atoms. The first-order chi connectivity index (χ1) is 15.2. The van der Waals surface area contributed by atoms with E-state index < -0.39 is 5.60 Å². The number of benzene rings is 1. The molecule has 1 atom stereocenters. The van der Waals surface area contributed by atoms with Gasteiger partial charge in [0.15, 0.2) is 5.60 Å². The Bertz CT molecular complexity index is 1050. The molecule has 1 aliphatic heterocycles. The Balaban J connectivity index is 1.59. The minimum atomic E-state index is -1.05. The van der Waals surface area contributed by atoms with E-state index in [0.717, 1.165) is 31.2 Å². The van der Waals surface area contributed by atoms with Crippen LogP contribution in [0.3, 0.4) is 0 Å². The zero-order valence-electron chi connectivity index (χ0n) is 19.6. The summed E-state index contributed by atoms with van der Waals surface area (Å²) in [5.74, 6) is 0.993. The van der Waals surface area contributed by atoms with E-state index >= 15 is 0 Å². The van der Waals surface area contributed by atoms with E-state index in [0.29, 0.717) is 29.4 Å². The molecule has 2 fully saturated rings. The molecule has 2 aliphatic rings. The van der Waals surface area contributed by atoms with Crippen LogP contribution in [-0.2, 0) is 4.79 Å². The molecule has 1 saturated heterocycles. The summed E-state index contributed by atoms with van der Waals surface area (Å²) in [5, 5.41) is 3.02. The highest BCUT2D eigenvalue weighted by molar-refractivity contribution is 5.96. The van der Waals surface area contributed by atoms with Gasteiger partial charge in [0.1, 0.15) is 11.6 Å². The fourth-order valence-corrected chi connectivity index (χ4v) is 4.16. The van der Waals surface area contributed by atoms with Gasteiger partial charge in [0.25, 0.3) is 11.8 Å². The van der Waals surface area contributed by atoms with Crippen molar-refractivity contribution in [3.8, 4) is 5.75 Å². The number of aromatic nitrogens is 2. The first kappa shape index (κ1) is 22.2. The summed E-state index contributed by atoms with van der Waals surface area (Å²) in [4.78, 5) is 37.1. The maximum atomic E-state index is 13.6. The van der Waals surface area contributed by atoms with Crippen molar-refractivity contribution in [2.24, 2.45) is 0 Å². The molecule has 2 heterocycles. The van der Waals surface area contributed by atoms with Gasteiger partial charge in [0.2, 0.25) is 0 Å². The third-order valence-corrected chi connectivity index (χ3v) is 6.29. The van der Waals surface area contributed by atoms with Crippen molar-refractivity contribution < 1.29 is 14.3 Å². The van der Waals surface area contributed by atoms with Crippen molar-refractivity contribution in [1.82, 2.24) is 20.2 Å². The lowest BCUT2D eigenvalue weighted by molar-refractivity contribution is -0.146. The van der Waals surface area contributed by atoms with Crippen LogP contribution in [0, 0.1) is 20.8 Å².